The first-order chi connectivity index (χ1) is 20.8. The van der Waals surface area contributed by atoms with E-state index in [0.29, 0.717) is 27.7 Å². The monoisotopic (exact) mass is 671 g/mol. The van der Waals surface area contributed by atoms with Crippen LogP contribution in [0.5, 0.6) is 0 Å². The van der Waals surface area contributed by atoms with Gasteiger partial charge in [0.2, 0.25) is 0 Å². The molecule has 3 aromatic rings. The Kier molecular flexibility index (Phi) is 10.7. The fourth-order valence-corrected chi connectivity index (χ4v) is 8.59. The van der Waals surface area contributed by atoms with E-state index in [9.17, 15) is 19.5 Å². The van der Waals surface area contributed by atoms with Crippen LogP contribution in [-0.2, 0) is 20.9 Å². The van der Waals surface area contributed by atoms with Crippen LogP contribution < -0.4 is 76.1 Å². The van der Waals surface area contributed by atoms with Crippen LogP contribution in [0.3, 0.4) is 0 Å². The third-order valence-electron chi connectivity index (χ3n) is 8.02. The van der Waals surface area contributed by atoms with E-state index in [-0.39, 0.29) is 78.5 Å². The van der Waals surface area contributed by atoms with Gasteiger partial charge in [-0.1, -0.05) is 54.7 Å². The van der Waals surface area contributed by atoms with Crippen LogP contribution in [0.1, 0.15) is 50.2 Å². The number of thioether (sulfide) groups is 1. The number of para-hydroxylation sites is 1. The number of carbonyl (C=O) groups excluding carboxylic acids is 2. The Morgan fingerprint density at radius 1 is 1.14 bits per heavy atom. The number of carboxylic acid groups (broad SMARTS) is 1. The Bertz CT molecular complexity index is 1840. The largest absolute Gasteiger partial charge is 1.00 e. The van der Waals surface area contributed by atoms with Gasteiger partial charge in [-0.25, -0.2) is 0 Å². The number of aromatic nitrogens is 1. The number of carboxylic acids is 1. The molecule has 6 rings (SSSR count). The van der Waals surface area contributed by atoms with Crippen molar-refractivity contribution in [3.8, 4) is 0 Å². The maximum absolute atomic E-state index is 13.5. The van der Waals surface area contributed by atoms with E-state index in [1.54, 1.807) is 17.6 Å². The normalized spacial score (nSPS) is 21.0. The molecule has 12 heteroatoms. The minimum atomic E-state index is -1.40. The van der Waals surface area contributed by atoms with Crippen molar-refractivity contribution in [3.63, 3.8) is 0 Å². The predicted molar refractivity (Wildman–Crippen MR) is 172 cm³/mol. The molecular formula is C32H30KN3O5S3. The van der Waals surface area contributed by atoms with Crippen molar-refractivity contribution in [2.75, 3.05) is 18.1 Å². The molecule has 1 amide bonds. The second kappa shape index (κ2) is 14.2. The van der Waals surface area contributed by atoms with Gasteiger partial charge in [-0.3, -0.25) is 19.1 Å². The van der Waals surface area contributed by atoms with E-state index >= 15 is 0 Å². The summed E-state index contributed by atoms with van der Waals surface area (Å²) in [5, 5.41) is 11.1. The molecule has 222 valence electrons. The number of thiocarbonyl (C=S) groups is 1. The van der Waals surface area contributed by atoms with Crippen molar-refractivity contribution in [2.24, 2.45) is 0 Å². The summed E-state index contributed by atoms with van der Waals surface area (Å²) in [6.07, 6.45) is 7.12. The van der Waals surface area contributed by atoms with Crippen LogP contribution in [0.25, 0.3) is 12.2 Å². The van der Waals surface area contributed by atoms with Crippen molar-refractivity contribution in [2.45, 2.75) is 51.6 Å². The van der Waals surface area contributed by atoms with Crippen LogP contribution in [-0.4, -0.2) is 44.9 Å². The number of rotatable bonds is 8. The number of ether oxygens (including phenoxy) is 1. The molecule has 2 aliphatic heterocycles. The standard InChI is InChI=1S/C32H31N3O5S3.K/c1-3-33-27(17-25(40-4-2)29-31(39)34(18-28(36)37)32(41)43-29)42-26(30(33)38)16-19-13-14-24-22(15-19)21-11-8-12-23(21)35(24)20-9-6-5-7-10-20;/h5-7,9-10,13-17,21,23H,3-4,8,11-12,18H2,1-2H3,(H,36,37);/q;+1/p-1/b26-16-,27-17?,29-25-;. The molecule has 2 atom stereocenters. The first-order valence-corrected chi connectivity index (χ1v) is 16.4. The molecule has 44 heavy (non-hydrogen) atoms. The van der Waals surface area contributed by atoms with Crippen molar-refractivity contribution in [1.82, 2.24) is 9.47 Å². The molecule has 0 N–H and O–H groups in total. The number of thiazole rings is 1. The van der Waals surface area contributed by atoms with Crippen LogP contribution in [0.4, 0.5) is 11.4 Å². The second-order valence-electron chi connectivity index (χ2n) is 10.5. The average Bonchev–Trinajstić information content (AvgIpc) is 3.72. The molecule has 0 radical (unpaired) electrons. The molecule has 2 unspecified atom stereocenters. The van der Waals surface area contributed by atoms with Crippen molar-refractivity contribution < 1.29 is 70.8 Å². The van der Waals surface area contributed by atoms with Gasteiger partial charge in [0.25, 0.3) is 11.5 Å². The van der Waals surface area contributed by atoms with Gasteiger partial charge >= 0.3 is 51.4 Å². The van der Waals surface area contributed by atoms with E-state index in [2.05, 4.69) is 47.4 Å². The third kappa shape index (κ3) is 6.32. The van der Waals surface area contributed by atoms with Crippen LogP contribution >= 0.6 is 35.3 Å². The van der Waals surface area contributed by atoms with Gasteiger partial charge in [0.1, 0.15) is 19.6 Å². The van der Waals surface area contributed by atoms with Crippen molar-refractivity contribution >= 4 is 75.0 Å². The minimum Gasteiger partial charge on any atom is -0.548 e. The van der Waals surface area contributed by atoms with Crippen molar-refractivity contribution in [1.29, 1.82) is 0 Å². The molecule has 8 nitrogen and oxygen atoms in total. The Hall–Kier alpha value is -2.03. The average molecular weight is 672 g/mol. The van der Waals surface area contributed by atoms with Crippen LogP contribution in [0.15, 0.2) is 64.0 Å². The second-order valence-corrected chi connectivity index (χ2v) is 13.2. The summed E-state index contributed by atoms with van der Waals surface area (Å²) in [4.78, 5) is 41.3. The third-order valence-corrected chi connectivity index (χ3v) is 10.5. The number of carbonyl (C=O) groups is 2. The topological polar surface area (TPSA) is 94.9 Å². The van der Waals surface area contributed by atoms with E-state index in [1.165, 1.54) is 34.7 Å². The number of anilines is 2. The number of benzene rings is 2. The summed E-state index contributed by atoms with van der Waals surface area (Å²) in [7, 11) is 0. The first-order valence-electron chi connectivity index (χ1n) is 14.3. The number of fused-ring (bicyclic) bond motifs is 3. The maximum atomic E-state index is 13.5. The summed E-state index contributed by atoms with van der Waals surface area (Å²) >= 11 is 7.54. The summed E-state index contributed by atoms with van der Waals surface area (Å²) in [5.74, 6) is -1.24. The molecule has 1 aliphatic carbocycles. The van der Waals surface area contributed by atoms with Gasteiger partial charge in [0.15, 0.2) is 0 Å². The van der Waals surface area contributed by atoms with Gasteiger partial charge in [-0.2, -0.15) is 0 Å². The Labute approximate surface area is 311 Å². The van der Waals surface area contributed by atoms with Gasteiger partial charge in [-0.15, -0.1) is 11.3 Å². The quantitative estimate of drug-likeness (QED) is 0.145. The summed E-state index contributed by atoms with van der Waals surface area (Å²) in [5.41, 5.74) is 4.63. The summed E-state index contributed by atoms with van der Waals surface area (Å²) in [6.45, 7) is 3.76. The van der Waals surface area contributed by atoms with E-state index in [4.69, 9.17) is 17.0 Å². The van der Waals surface area contributed by atoms with Gasteiger partial charge in [-0.05, 0) is 68.2 Å². The van der Waals surface area contributed by atoms with Crippen LogP contribution in [0, 0.1) is 0 Å². The molecular weight excluding hydrogens is 642 g/mol. The number of nitrogens with zero attached hydrogens (tertiary/aromatic N) is 3. The van der Waals surface area contributed by atoms with Crippen molar-refractivity contribution in [3.05, 3.63) is 89.9 Å². The maximum Gasteiger partial charge on any atom is 1.00 e. The summed E-state index contributed by atoms with van der Waals surface area (Å²) in [6, 6.07) is 17.5. The Balaban J connectivity index is 0.00000384. The number of allylic oxidation sites excluding steroid dienone is 1. The molecule has 1 aromatic heterocycles. The fraction of sp³-hybridized carbons (Fsp3) is 0.312. The molecule has 2 fully saturated rings. The summed E-state index contributed by atoms with van der Waals surface area (Å²) < 4.78 is 8.79. The van der Waals surface area contributed by atoms with Crippen LogP contribution in [0.2, 0.25) is 0 Å². The fourth-order valence-electron chi connectivity index (χ4n) is 6.24. The molecule has 1 saturated heterocycles. The SMILES string of the molecule is CCO/C(C=c1s/c(=C\c2ccc3c(c2)C2CCCC2N3c2ccccc2)c(=O)n1CC)=C1\SC(=S)N(CC(=O)[O-])C1=O.[K+]. The number of amides is 1. The molecule has 3 aliphatic rings. The van der Waals surface area contributed by atoms with Gasteiger partial charge in [0.05, 0.1) is 23.7 Å². The predicted octanol–water partition coefficient (Wildman–Crippen LogP) is 0.189. The zero-order valence-electron chi connectivity index (χ0n) is 24.8. The van der Waals surface area contributed by atoms with Gasteiger partial charge < -0.3 is 19.5 Å². The Morgan fingerprint density at radius 2 is 1.91 bits per heavy atom. The first kappa shape index (κ1) is 33.3. The number of hydrogen-bond acceptors (Lipinski definition) is 9. The molecule has 0 bridgehead atoms. The number of hydrogen-bond donors (Lipinski definition) is 0. The van der Waals surface area contributed by atoms with Gasteiger partial charge in [0, 0.05) is 36.0 Å². The molecule has 0 spiro atoms. The number of aliphatic carboxylic acids is 1. The Morgan fingerprint density at radius 3 is 2.61 bits per heavy atom. The smallest absolute Gasteiger partial charge is 0.548 e. The van der Waals surface area contributed by atoms with E-state index in [1.807, 2.05) is 19.1 Å². The minimum absolute atomic E-state index is 0. The zero-order chi connectivity index (χ0) is 30.2. The van der Waals surface area contributed by atoms with E-state index in [0.717, 1.165) is 35.1 Å². The van der Waals surface area contributed by atoms with E-state index < -0.39 is 18.4 Å². The molecule has 2 aromatic carbocycles. The zero-order valence-corrected chi connectivity index (χ0v) is 30.4. The molecule has 3 heterocycles. The molecule has 1 saturated carbocycles.